The standard InChI is InChI=1S/C8H14N2O4S2/c1-6-9-4-8(15-6)16(12,13)10-3-7(11)5-14-2/h4,7,10-11H,3,5H2,1-2H3. The number of nitrogens with one attached hydrogen (secondary N) is 1. The molecule has 0 aliphatic heterocycles. The van der Waals surface area contributed by atoms with E-state index in [9.17, 15) is 13.5 Å². The molecule has 1 rings (SSSR count). The van der Waals surface area contributed by atoms with Gasteiger partial charge in [0.05, 0.1) is 23.9 Å². The van der Waals surface area contributed by atoms with Crippen molar-refractivity contribution in [2.75, 3.05) is 20.3 Å². The summed E-state index contributed by atoms with van der Waals surface area (Å²) in [6.07, 6.45) is 0.444. The average Bonchev–Trinajstić information content (AvgIpc) is 2.63. The molecule has 0 saturated heterocycles. The Balaban J connectivity index is 2.59. The summed E-state index contributed by atoms with van der Waals surface area (Å²) in [5.41, 5.74) is 0. The highest BCUT2D eigenvalue weighted by Gasteiger charge is 2.18. The second kappa shape index (κ2) is 5.69. The van der Waals surface area contributed by atoms with Gasteiger partial charge in [0.1, 0.15) is 0 Å². The Morgan fingerprint density at radius 3 is 2.88 bits per heavy atom. The zero-order valence-electron chi connectivity index (χ0n) is 9.00. The molecule has 0 saturated carbocycles. The number of hydrogen-bond donors (Lipinski definition) is 2. The Morgan fingerprint density at radius 2 is 2.38 bits per heavy atom. The highest BCUT2D eigenvalue weighted by Crippen LogP contribution is 2.17. The Bertz CT molecular complexity index is 429. The lowest BCUT2D eigenvalue weighted by atomic mass is 10.4. The molecule has 1 unspecified atom stereocenters. The van der Waals surface area contributed by atoms with Crippen LogP contribution in [0.2, 0.25) is 0 Å². The van der Waals surface area contributed by atoms with Crippen molar-refractivity contribution in [3.05, 3.63) is 11.2 Å². The molecule has 0 spiro atoms. The second-order valence-electron chi connectivity index (χ2n) is 3.16. The summed E-state index contributed by atoms with van der Waals surface area (Å²) in [5.74, 6) is 0. The Morgan fingerprint density at radius 1 is 1.69 bits per heavy atom. The fourth-order valence-corrected chi connectivity index (χ4v) is 3.22. The van der Waals surface area contributed by atoms with Crippen LogP contribution in [0.25, 0.3) is 0 Å². The van der Waals surface area contributed by atoms with E-state index < -0.39 is 16.1 Å². The topological polar surface area (TPSA) is 88.5 Å². The number of methoxy groups -OCH3 is 1. The van der Waals surface area contributed by atoms with Gasteiger partial charge >= 0.3 is 0 Å². The predicted octanol–water partition coefficient (Wildman–Crippen LogP) is -0.263. The van der Waals surface area contributed by atoms with Crippen LogP contribution >= 0.6 is 11.3 Å². The Kier molecular flexibility index (Phi) is 4.81. The van der Waals surface area contributed by atoms with Gasteiger partial charge in [0, 0.05) is 13.7 Å². The molecule has 0 bridgehead atoms. The molecule has 1 atom stereocenters. The van der Waals surface area contributed by atoms with Gasteiger partial charge in [0.2, 0.25) is 0 Å². The number of sulfonamides is 1. The summed E-state index contributed by atoms with van der Waals surface area (Å²) in [6.45, 7) is 1.74. The molecule has 0 aliphatic rings. The van der Waals surface area contributed by atoms with Crippen LogP contribution in [0.15, 0.2) is 10.4 Å². The van der Waals surface area contributed by atoms with Crippen molar-refractivity contribution in [3.8, 4) is 0 Å². The Labute approximate surface area is 98.3 Å². The third-order valence-corrected chi connectivity index (χ3v) is 4.53. The van der Waals surface area contributed by atoms with Crippen molar-refractivity contribution in [1.82, 2.24) is 9.71 Å². The first-order valence-corrected chi connectivity index (χ1v) is 6.85. The van der Waals surface area contributed by atoms with Crippen molar-refractivity contribution >= 4 is 21.4 Å². The summed E-state index contributed by atoms with van der Waals surface area (Å²) in [6, 6.07) is 0. The molecule has 0 amide bonds. The molecular formula is C8H14N2O4S2. The molecule has 16 heavy (non-hydrogen) atoms. The fraction of sp³-hybridized carbons (Fsp3) is 0.625. The lowest BCUT2D eigenvalue weighted by molar-refractivity contribution is 0.0679. The Hall–Kier alpha value is -0.540. The number of thiazole rings is 1. The number of aryl methyl sites for hydroxylation is 1. The van der Waals surface area contributed by atoms with E-state index in [0.29, 0.717) is 5.01 Å². The molecule has 1 aromatic heterocycles. The summed E-state index contributed by atoms with van der Waals surface area (Å²) in [7, 11) is -2.13. The minimum absolute atomic E-state index is 0.0763. The first-order valence-electron chi connectivity index (χ1n) is 4.55. The van der Waals surface area contributed by atoms with Crippen LogP contribution in [0, 0.1) is 6.92 Å². The van der Waals surface area contributed by atoms with Crippen molar-refractivity contribution in [3.63, 3.8) is 0 Å². The number of hydrogen-bond acceptors (Lipinski definition) is 6. The third-order valence-electron chi connectivity index (χ3n) is 1.73. The number of aliphatic hydroxyl groups is 1. The van der Waals surface area contributed by atoms with Crippen molar-refractivity contribution in [2.45, 2.75) is 17.2 Å². The highest BCUT2D eigenvalue weighted by atomic mass is 32.2. The van der Waals surface area contributed by atoms with Gasteiger partial charge in [-0.15, -0.1) is 11.3 Å². The van der Waals surface area contributed by atoms with Crippen LogP contribution in [0.3, 0.4) is 0 Å². The normalized spacial score (nSPS) is 13.9. The lowest BCUT2D eigenvalue weighted by Crippen LogP contribution is -2.34. The molecule has 0 aliphatic carbocycles. The minimum Gasteiger partial charge on any atom is -0.389 e. The van der Waals surface area contributed by atoms with E-state index in [2.05, 4.69) is 14.4 Å². The van der Waals surface area contributed by atoms with Gasteiger partial charge < -0.3 is 9.84 Å². The molecule has 1 aromatic rings. The third kappa shape index (κ3) is 3.80. The second-order valence-corrected chi connectivity index (χ2v) is 6.39. The molecule has 0 radical (unpaired) electrons. The van der Waals surface area contributed by atoms with Crippen LogP contribution in [0.5, 0.6) is 0 Å². The molecule has 8 heteroatoms. The van der Waals surface area contributed by atoms with Crippen LogP contribution < -0.4 is 4.72 Å². The number of aromatic nitrogens is 1. The van der Waals surface area contributed by atoms with Crippen LogP contribution in [-0.2, 0) is 14.8 Å². The SMILES string of the molecule is COCC(O)CNS(=O)(=O)c1cnc(C)s1. The maximum absolute atomic E-state index is 11.7. The van der Waals surface area contributed by atoms with E-state index in [-0.39, 0.29) is 17.4 Å². The van der Waals surface area contributed by atoms with Crippen LogP contribution in [0.1, 0.15) is 5.01 Å². The maximum Gasteiger partial charge on any atom is 0.251 e. The zero-order valence-corrected chi connectivity index (χ0v) is 10.6. The smallest absolute Gasteiger partial charge is 0.251 e. The van der Waals surface area contributed by atoms with Gasteiger partial charge in [-0.1, -0.05) is 0 Å². The van der Waals surface area contributed by atoms with E-state index in [1.165, 1.54) is 13.3 Å². The van der Waals surface area contributed by atoms with Gasteiger partial charge in [-0.2, -0.15) is 0 Å². The number of rotatable bonds is 6. The molecular weight excluding hydrogens is 252 g/mol. The maximum atomic E-state index is 11.7. The van der Waals surface area contributed by atoms with Gasteiger partial charge in [-0.25, -0.2) is 18.1 Å². The van der Waals surface area contributed by atoms with Crippen molar-refractivity contribution < 1.29 is 18.3 Å². The lowest BCUT2D eigenvalue weighted by Gasteiger charge is -2.09. The molecule has 2 N–H and O–H groups in total. The molecule has 0 aromatic carbocycles. The first-order chi connectivity index (χ1) is 7.45. The molecule has 92 valence electrons. The van der Waals surface area contributed by atoms with E-state index in [0.717, 1.165) is 11.3 Å². The average molecular weight is 266 g/mol. The zero-order chi connectivity index (χ0) is 12.2. The van der Waals surface area contributed by atoms with Crippen molar-refractivity contribution in [2.24, 2.45) is 0 Å². The highest BCUT2D eigenvalue weighted by molar-refractivity contribution is 7.91. The number of aliphatic hydroxyl groups excluding tert-OH is 1. The van der Waals surface area contributed by atoms with Crippen LogP contribution in [0.4, 0.5) is 0 Å². The van der Waals surface area contributed by atoms with Gasteiger partial charge in [0.15, 0.2) is 4.21 Å². The predicted molar refractivity (Wildman–Crippen MR) is 59.9 cm³/mol. The van der Waals surface area contributed by atoms with E-state index >= 15 is 0 Å². The van der Waals surface area contributed by atoms with E-state index in [1.54, 1.807) is 6.92 Å². The van der Waals surface area contributed by atoms with E-state index in [4.69, 9.17) is 0 Å². The summed E-state index contributed by atoms with van der Waals surface area (Å²) < 4.78 is 30.4. The monoisotopic (exact) mass is 266 g/mol. The largest absolute Gasteiger partial charge is 0.389 e. The summed E-state index contributed by atoms with van der Waals surface area (Å²) >= 11 is 1.09. The fourth-order valence-electron chi connectivity index (χ4n) is 0.994. The quantitative estimate of drug-likeness (QED) is 0.740. The number of nitrogens with zero attached hydrogens (tertiary/aromatic N) is 1. The number of ether oxygens (including phenoxy) is 1. The van der Waals surface area contributed by atoms with Gasteiger partial charge in [-0.3, -0.25) is 0 Å². The van der Waals surface area contributed by atoms with Crippen LogP contribution in [-0.4, -0.2) is 44.9 Å². The first kappa shape index (κ1) is 13.5. The molecule has 0 fully saturated rings. The molecule has 1 heterocycles. The van der Waals surface area contributed by atoms with Gasteiger partial charge in [0.25, 0.3) is 10.0 Å². The van der Waals surface area contributed by atoms with Crippen molar-refractivity contribution in [1.29, 1.82) is 0 Å². The molecule has 6 nitrogen and oxygen atoms in total. The minimum atomic E-state index is -3.56. The summed E-state index contributed by atoms with van der Waals surface area (Å²) in [4.78, 5) is 3.86. The summed E-state index contributed by atoms with van der Waals surface area (Å²) in [5, 5.41) is 9.98. The van der Waals surface area contributed by atoms with E-state index in [1.807, 2.05) is 0 Å². The van der Waals surface area contributed by atoms with Gasteiger partial charge in [-0.05, 0) is 6.92 Å².